The first kappa shape index (κ1) is 23.4. The maximum Gasteiger partial charge on any atom is 0.573 e. The molecule has 0 aliphatic heterocycles. The highest BCUT2D eigenvalue weighted by molar-refractivity contribution is 5.90. The van der Waals surface area contributed by atoms with Crippen molar-refractivity contribution in [1.29, 1.82) is 0 Å². The van der Waals surface area contributed by atoms with E-state index in [1.54, 1.807) is 24.3 Å². The third-order valence-electron chi connectivity index (χ3n) is 4.48. The highest BCUT2D eigenvalue weighted by Crippen LogP contribution is 2.24. The number of hydrogen-bond acceptors (Lipinski definition) is 5. The van der Waals surface area contributed by atoms with Crippen LogP contribution in [0.25, 0.3) is 17.1 Å². The number of alkyl halides is 3. The fourth-order valence-corrected chi connectivity index (χ4v) is 2.90. The lowest BCUT2D eigenvalue weighted by Crippen LogP contribution is -2.24. The Labute approximate surface area is 195 Å². The molecule has 0 aliphatic rings. The summed E-state index contributed by atoms with van der Waals surface area (Å²) in [5, 5.41) is 10.7. The summed E-state index contributed by atoms with van der Waals surface area (Å²) in [6.45, 7) is 0. The van der Waals surface area contributed by atoms with Gasteiger partial charge in [-0.3, -0.25) is 0 Å². The molecule has 3 aromatic carbocycles. The Morgan fingerprint density at radius 2 is 1.66 bits per heavy atom. The Kier molecular flexibility index (Phi) is 6.71. The molecule has 0 saturated carbocycles. The first-order valence-corrected chi connectivity index (χ1v) is 9.99. The van der Waals surface area contributed by atoms with Crippen molar-refractivity contribution < 1.29 is 27.1 Å². The molecule has 0 atom stereocenters. The van der Waals surface area contributed by atoms with Crippen LogP contribution >= 0.6 is 0 Å². The van der Waals surface area contributed by atoms with Crippen molar-refractivity contribution in [1.82, 2.24) is 20.2 Å². The van der Waals surface area contributed by atoms with Crippen molar-refractivity contribution in [2.75, 3.05) is 5.32 Å². The van der Waals surface area contributed by atoms with Crippen LogP contribution in [0.5, 0.6) is 5.75 Å². The molecule has 1 aromatic heterocycles. The van der Waals surface area contributed by atoms with E-state index < -0.39 is 18.2 Å². The molecule has 2 amide bonds. The van der Waals surface area contributed by atoms with Crippen LogP contribution in [0.15, 0.2) is 84.2 Å². The molecule has 8 nitrogen and oxygen atoms in total. The van der Waals surface area contributed by atoms with Crippen LogP contribution < -0.4 is 15.5 Å². The molecule has 0 unspecified atom stereocenters. The number of urea groups is 1. The van der Waals surface area contributed by atoms with Gasteiger partial charge in [-0.1, -0.05) is 24.3 Å². The summed E-state index contributed by atoms with van der Waals surface area (Å²) < 4.78 is 55.0. The number of nitrogens with zero attached hydrogens (tertiary/aromatic N) is 4. The van der Waals surface area contributed by atoms with E-state index >= 15 is 0 Å². The Bertz CT molecular complexity index is 1320. The Balaban J connectivity index is 1.34. The summed E-state index contributed by atoms with van der Waals surface area (Å²) in [5.74, 6) is -0.338. The third kappa shape index (κ3) is 6.63. The number of carbonyl (C=O) groups is 1. The van der Waals surface area contributed by atoms with Crippen LogP contribution in [-0.2, 0) is 0 Å². The molecule has 0 bridgehead atoms. The second kappa shape index (κ2) is 10.0. The zero-order valence-corrected chi connectivity index (χ0v) is 17.7. The van der Waals surface area contributed by atoms with E-state index in [9.17, 15) is 22.4 Å². The number of anilines is 1. The average Bonchev–Trinajstić information content (AvgIpc) is 3.31. The largest absolute Gasteiger partial charge is 0.573 e. The van der Waals surface area contributed by atoms with Crippen molar-refractivity contribution >= 4 is 17.9 Å². The lowest BCUT2D eigenvalue weighted by molar-refractivity contribution is -0.274. The fraction of sp³-hybridized carbons (Fsp3) is 0.0435. The minimum Gasteiger partial charge on any atom is -0.406 e. The summed E-state index contributed by atoms with van der Waals surface area (Å²) in [6, 6.07) is 16.9. The minimum atomic E-state index is -4.76. The molecule has 0 radical (unpaired) electrons. The van der Waals surface area contributed by atoms with E-state index in [0.29, 0.717) is 28.3 Å². The number of rotatable bonds is 6. The molecule has 12 heteroatoms. The van der Waals surface area contributed by atoms with E-state index in [2.05, 4.69) is 30.7 Å². The molecular formula is C23H16F4N6O2. The number of nitrogens with one attached hydrogen (secondary N) is 2. The molecule has 0 saturated heterocycles. The number of hydrogen-bond donors (Lipinski definition) is 2. The van der Waals surface area contributed by atoms with Gasteiger partial charge >= 0.3 is 12.4 Å². The van der Waals surface area contributed by atoms with Crippen molar-refractivity contribution in [2.45, 2.75) is 6.36 Å². The predicted molar refractivity (Wildman–Crippen MR) is 120 cm³/mol. The Morgan fingerprint density at radius 1 is 0.971 bits per heavy atom. The maximum absolute atomic E-state index is 12.9. The van der Waals surface area contributed by atoms with E-state index in [4.69, 9.17) is 0 Å². The highest BCUT2D eigenvalue weighted by Gasteiger charge is 2.31. The topological polar surface area (TPSA) is 93.4 Å². The second-order valence-corrected chi connectivity index (χ2v) is 7.01. The van der Waals surface area contributed by atoms with Crippen molar-refractivity contribution in [2.24, 2.45) is 5.10 Å². The predicted octanol–water partition coefficient (Wildman–Crippen LogP) is 5.13. The smallest absolute Gasteiger partial charge is 0.406 e. The zero-order valence-electron chi connectivity index (χ0n) is 17.7. The number of hydrazone groups is 1. The number of carbonyl (C=O) groups excluding carboxylic acids is 1. The van der Waals surface area contributed by atoms with Gasteiger partial charge in [0.15, 0.2) is 5.82 Å². The van der Waals surface area contributed by atoms with Gasteiger partial charge in [-0.05, 0) is 54.1 Å². The van der Waals surface area contributed by atoms with Crippen LogP contribution in [0.1, 0.15) is 5.56 Å². The summed E-state index contributed by atoms with van der Waals surface area (Å²) in [6.07, 6.45) is -1.89. The number of benzene rings is 3. The van der Waals surface area contributed by atoms with Gasteiger partial charge in [0.05, 0.1) is 11.9 Å². The Hall–Kier alpha value is -4.74. The quantitative estimate of drug-likeness (QED) is 0.226. The first-order valence-electron chi connectivity index (χ1n) is 9.99. The molecule has 0 fully saturated rings. The Morgan fingerprint density at radius 3 is 2.31 bits per heavy atom. The summed E-state index contributed by atoms with van der Waals surface area (Å²) in [5.41, 5.74) is 4.61. The van der Waals surface area contributed by atoms with Gasteiger partial charge in [-0.15, -0.1) is 18.3 Å². The van der Waals surface area contributed by atoms with Gasteiger partial charge in [0, 0.05) is 11.3 Å². The van der Waals surface area contributed by atoms with Gasteiger partial charge in [0.25, 0.3) is 0 Å². The molecule has 4 aromatic rings. The van der Waals surface area contributed by atoms with E-state index in [-0.39, 0.29) is 5.75 Å². The molecule has 0 spiro atoms. The summed E-state index contributed by atoms with van der Waals surface area (Å²) in [7, 11) is 0. The van der Waals surface area contributed by atoms with Crippen LogP contribution in [0.2, 0.25) is 0 Å². The monoisotopic (exact) mass is 484 g/mol. The number of ether oxygens (including phenoxy) is 1. The number of amides is 2. The van der Waals surface area contributed by atoms with Gasteiger partial charge < -0.3 is 10.1 Å². The minimum absolute atomic E-state index is 0.332. The van der Waals surface area contributed by atoms with Gasteiger partial charge in [-0.2, -0.15) is 5.10 Å². The van der Waals surface area contributed by atoms with Crippen molar-refractivity contribution in [3.05, 3.63) is 90.5 Å². The van der Waals surface area contributed by atoms with Gasteiger partial charge in [-0.25, -0.2) is 24.3 Å². The lowest BCUT2D eigenvalue weighted by Gasteiger charge is -2.09. The molecule has 4 rings (SSSR count). The van der Waals surface area contributed by atoms with Crippen LogP contribution in [0.4, 0.5) is 28.0 Å². The standard InChI is InChI=1S/C23H16F4N6O2/c24-17-5-7-18(8-6-17)30-22(34)31-29-13-15-1-3-16(4-2-15)21-28-14-33(32-21)19-9-11-20(12-10-19)35-23(25,26)27/h1-14H,(H2,30,31,34)/b29-13+. The molecule has 35 heavy (non-hydrogen) atoms. The van der Waals surface area contributed by atoms with E-state index in [0.717, 1.165) is 0 Å². The van der Waals surface area contributed by atoms with Crippen LogP contribution in [0, 0.1) is 5.82 Å². The van der Waals surface area contributed by atoms with Crippen LogP contribution in [-0.4, -0.2) is 33.4 Å². The third-order valence-corrected chi connectivity index (χ3v) is 4.48. The molecule has 178 valence electrons. The zero-order chi connectivity index (χ0) is 24.8. The number of aromatic nitrogens is 3. The van der Waals surface area contributed by atoms with Gasteiger partial charge in [0.2, 0.25) is 0 Å². The summed E-state index contributed by atoms with van der Waals surface area (Å²) in [4.78, 5) is 16.0. The first-order chi connectivity index (χ1) is 16.7. The lowest BCUT2D eigenvalue weighted by atomic mass is 10.1. The average molecular weight is 484 g/mol. The van der Waals surface area contributed by atoms with Crippen molar-refractivity contribution in [3.8, 4) is 22.8 Å². The van der Waals surface area contributed by atoms with E-state index in [1.807, 2.05) is 0 Å². The molecule has 2 N–H and O–H groups in total. The van der Waals surface area contributed by atoms with Gasteiger partial charge in [0.1, 0.15) is 17.9 Å². The normalized spacial score (nSPS) is 11.4. The van der Waals surface area contributed by atoms with E-state index in [1.165, 1.54) is 65.8 Å². The SMILES string of the molecule is O=C(N/N=C/c1ccc(-c2ncn(-c3ccc(OC(F)(F)F)cc3)n2)cc1)Nc1ccc(F)cc1. The molecule has 1 heterocycles. The molecule has 0 aliphatic carbocycles. The van der Waals surface area contributed by atoms with Crippen molar-refractivity contribution in [3.63, 3.8) is 0 Å². The van der Waals surface area contributed by atoms with Crippen LogP contribution in [0.3, 0.4) is 0 Å². The molecular weight excluding hydrogens is 468 g/mol. The fourth-order valence-electron chi connectivity index (χ4n) is 2.90. The maximum atomic E-state index is 12.9. The summed E-state index contributed by atoms with van der Waals surface area (Å²) >= 11 is 0. The highest BCUT2D eigenvalue weighted by atomic mass is 19.4. The number of halogens is 4. The second-order valence-electron chi connectivity index (χ2n) is 7.01.